The first-order chi connectivity index (χ1) is 13.2. The normalized spacial score (nSPS) is 27.8. The van der Waals surface area contributed by atoms with Gasteiger partial charge >= 0.3 is 0 Å². The van der Waals surface area contributed by atoms with E-state index in [0.717, 1.165) is 22.9 Å². The molecule has 6 heteroatoms. The van der Waals surface area contributed by atoms with E-state index < -0.39 is 0 Å². The van der Waals surface area contributed by atoms with E-state index in [1.54, 1.807) is 12.4 Å². The summed E-state index contributed by atoms with van der Waals surface area (Å²) in [6, 6.07) is 13.1. The molecule has 1 aromatic carbocycles. The Balaban J connectivity index is 1.54. The quantitative estimate of drug-likeness (QED) is 0.668. The minimum absolute atomic E-state index is 0.193. The Kier molecular flexibility index (Phi) is 4.21. The molecule has 138 valence electrons. The first-order valence-electron chi connectivity index (χ1n) is 9.42. The number of benzene rings is 1. The van der Waals surface area contributed by atoms with Crippen LogP contribution < -0.4 is 0 Å². The van der Waals surface area contributed by atoms with E-state index in [1.165, 1.54) is 18.4 Å². The van der Waals surface area contributed by atoms with Gasteiger partial charge in [0, 0.05) is 35.1 Å². The zero-order valence-corrected chi connectivity index (χ0v) is 15.9. The molecule has 5 rings (SSSR count). The summed E-state index contributed by atoms with van der Waals surface area (Å²) in [4.78, 5) is 11.4. The summed E-state index contributed by atoms with van der Waals surface area (Å²) in [6.07, 6.45) is 7.00. The van der Waals surface area contributed by atoms with Crippen LogP contribution in [-0.4, -0.2) is 39.2 Å². The van der Waals surface area contributed by atoms with Crippen molar-refractivity contribution in [3.8, 4) is 11.4 Å². The second kappa shape index (κ2) is 6.73. The van der Waals surface area contributed by atoms with Crippen molar-refractivity contribution in [1.29, 1.82) is 0 Å². The van der Waals surface area contributed by atoms with E-state index >= 15 is 0 Å². The number of pyridine rings is 1. The largest absolute Gasteiger partial charge is 0.339 e. The molecule has 2 aliphatic heterocycles. The number of hydrogen-bond donors (Lipinski definition) is 0. The molecule has 3 aromatic rings. The summed E-state index contributed by atoms with van der Waals surface area (Å²) < 4.78 is 5.80. The van der Waals surface area contributed by atoms with Crippen LogP contribution >= 0.6 is 11.6 Å². The lowest BCUT2D eigenvalue weighted by Crippen LogP contribution is -2.44. The number of hydrogen-bond acceptors (Lipinski definition) is 5. The SMILES string of the molecule is CN1[C@@H]2CC[C@H]1[C@H](c1nc(-c3ccncc3)no1)[C@H](c1ccc(Cl)cc1)C2. The van der Waals surface area contributed by atoms with Crippen molar-refractivity contribution in [2.24, 2.45) is 0 Å². The Hall–Kier alpha value is -2.24. The van der Waals surface area contributed by atoms with Gasteiger partial charge in [-0.05, 0) is 62.1 Å². The Morgan fingerprint density at radius 2 is 1.85 bits per heavy atom. The molecule has 5 nitrogen and oxygen atoms in total. The summed E-state index contributed by atoms with van der Waals surface area (Å²) in [5.41, 5.74) is 2.23. The van der Waals surface area contributed by atoms with E-state index in [9.17, 15) is 0 Å². The molecule has 0 amide bonds. The number of aromatic nitrogens is 3. The van der Waals surface area contributed by atoms with Gasteiger partial charge in [0.25, 0.3) is 0 Å². The fourth-order valence-electron chi connectivity index (χ4n) is 4.85. The van der Waals surface area contributed by atoms with Crippen molar-refractivity contribution in [2.75, 3.05) is 7.05 Å². The van der Waals surface area contributed by atoms with Crippen LogP contribution in [0.25, 0.3) is 11.4 Å². The lowest BCUT2D eigenvalue weighted by atomic mass is 9.76. The highest BCUT2D eigenvalue weighted by atomic mass is 35.5. The Morgan fingerprint density at radius 1 is 1.07 bits per heavy atom. The summed E-state index contributed by atoms with van der Waals surface area (Å²) >= 11 is 6.11. The first kappa shape index (κ1) is 16.9. The van der Waals surface area contributed by atoms with Crippen molar-refractivity contribution in [3.05, 3.63) is 65.3 Å². The topological polar surface area (TPSA) is 55.1 Å². The van der Waals surface area contributed by atoms with Gasteiger partial charge in [-0.15, -0.1) is 0 Å². The maximum Gasteiger partial charge on any atom is 0.232 e. The van der Waals surface area contributed by atoms with Crippen molar-refractivity contribution < 1.29 is 4.52 Å². The van der Waals surface area contributed by atoms with E-state index in [-0.39, 0.29) is 5.92 Å². The van der Waals surface area contributed by atoms with Crippen LogP contribution in [0.3, 0.4) is 0 Å². The predicted octanol–water partition coefficient (Wildman–Crippen LogP) is 4.52. The van der Waals surface area contributed by atoms with Crippen molar-refractivity contribution in [2.45, 2.75) is 43.2 Å². The van der Waals surface area contributed by atoms with E-state index in [0.29, 0.717) is 23.8 Å². The Labute approximate surface area is 163 Å². The minimum Gasteiger partial charge on any atom is -0.339 e. The zero-order valence-electron chi connectivity index (χ0n) is 15.1. The maximum absolute atomic E-state index is 6.11. The van der Waals surface area contributed by atoms with Crippen LogP contribution in [-0.2, 0) is 0 Å². The molecule has 4 heterocycles. The fraction of sp³-hybridized carbons (Fsp3) is 0.381. The molecular formula is C21H21ClN4O. The summed E-state index contributed by atoms with van der Waals surface area (Å²) in [6.45, 7) is 0. The number of likely N-dealkylation sites (N-methyl/N-ethyl adjacent to an activating group) is 1. The molecule has 2 aliphatic rings. The molecule has 0 spiro atoms. The molecule has 27 heavy (non-hydrogen) atoms. The van der Waals surface area contributed by atoms with Gasteiger partial charge in [-0.3, -0.25) is 9.88 Å². The minimum atomic E-state index is 0.193. The molecule has 0 unspecified atom stereocenters. The Bertz CT molecular complexity index is 927. The molecule has 2 bridgehead atoms. The van der Waals surface area contributed by atoms with E-state index in [2.05, 4.69) is 34.2 Å². The van der Waals surface area contributed by atoms with Crippen molar-refractivity contribution in [3.63, 3.8) is 0 Å². The van der Waals surface area contributed by atoms with Gasteiger partial charge in [-0.1, -0.05) is 28.9 Å². The number of nitrogens with zero attached hydrogens (tertiary/aromatic N) is 4. The smallest absolute Gasteiger partial charge is 0.232 e. The average molecular weight is 381 g/mol. The third kappa shape index (κ3) is 2.95. The highest BCUT2D eigenvalue weighted by Gasteiger charge is 2.48. The highest BCUT2D eigenvalue weighted by Crippen LogP contribution is 2.50. The van der Waals surface area contributed by atoms with Crippen LogP contribution in [0, 0.1) is 0 Å². The second-order valence-electron chi connectivity index (χ2n) is 7.58. The summed E-state index contributed by atoms with van der Waals surface area (Å²) in [7, 11) is 2.23. The predicted molar refractivity (Wildman–Crippen MR) is 104 cm³/mol. The van der Waals surface area contributed by atoms with E-state index in [1.807, 2.05) is 24.3 Å². The Morgan fingerprint density at radius 3 is 2.63 bits per heavy atom. The lowest BCUT2D eigenvalue weighted by Gasteiger charge is -2.41. The average Bonchev–Trinajstić information content (AvgIpc) is 3.26. The van der Waals surface area contributed by atoms with Gasteiger partial charge in [0.1, 0.15) is 0 Å². The molecule has 2 aromatic heterocycles. The first-order valence-corrected chi connectivity index (χ1v) is 9.80. The van der Waals surface area contributed by atoms with Crippen LogP contribution in [0.15, 0.2) is 53.3 Å². The highest BCUT2D eigenvalue weighted by molar-refractivity contribution is 6.30. The van der Waals surface area contributed by atoms with Crippen LogP contribution in [0.5, 0.6) is 0 Å². The van der Waals surface area contributed by atoms with E-state index in [4.69, 9.17) is 21.1 Å². The molecule has 2 fully saturated rings. The summed E-state index contributed by atoms with van der Waals surface area (Å²) in [5, 5.41) is 5.03. The third-order valence-corrected chi connectivity index (χ3v) is 6.48. The maximum atomic E-state index is 6.11. The van der Waals surface area contributed by atoms with Crippen LogP contribution in [0.2, 0.25) is 5.02 Å². The third-order valence-electron chi connectivity index (χ3n) is 6.23. The number of piperidine rings is 1. The number of fused-ring (bicyclic) bond motifs is 2. The lowest BCUT2D eigenvalue weighted by molar-refractivity contribution is 0.120. The van der Waals surface area contributed by atoms with Gasteiger partial charge in [0.15, 0.2) is 0 Å². The zero-order chi connectivity index (χ0) is 18.4. The molecular weight excluding hydrogens is 360 g/mol. The van der Waals surface area contributed by atoms with Gasteiger partial charge in [0.05, 0.1) is 5.92 Å². The van der Waals surface area contributed by atoms with Gasteiger partial charge in [-0.2, -0.15) is 4.98 Å². The fourth-order valence-corrected chi connectivity index (χ4v) is 4.97. The standard InChI is InChI=1S/C21H21ClN4O/c1-26-16-6-7-18(26)19(17(12-16)13-2-4-15(22)5-3-13)21-24-20(25-27-21)14-8-10-23-11-9-14/h2-5,8-11,16-19H,6-7,12H2,1H3/t16-,17+,18+,19-/m1/s1. The van der Waals surface area contributed by atoms with Gasteiger partial charge < -0.3 is 4.52 Å². The molecule has 0 saturated carbocycles. The van der Waals surface area contributed by atoms with Crippen LogP contribution in [0.1, 0.15) is 42.6 Å². The molecule has 0 aliphatic carbocycles. The van der Waals surface area contributed by atoms with Crippen molar-refractivity contribution >= 4 is 11.6 Å². The monoisotopic (exact) mass is 380 g/mol. The van der Waals surface area contributed by atoms with Gasteiger partial charge in [-0.25, -0.2) is 0 Å². The number of halogens is 1. The van der Waals surface area contributed by atoms with Crippen LogP contribution in [0.4, 0.5) is 0 Å². The van der Waals surface area contributed by atoms with Crippen molar-refractivity contribution in [1.82, 2.24) is 20.0 Å². The second-order valence-corrected chi connectivity index (χ2v) is 8.01. The van der Waals surface area contributed by atoms with Gasteiger partial charge in [0.2, 0.25) is 11.7 Å². The molecule has 0 N–H and O–H groups in total. The molecule has 4 atom stereocenters. The molecule has 2 saturated heterocycles. The number of rotatable bonds is 3. The summed E-state index contributed by atoms with van der Waals surface area (Å²) in [5.74, 6) is 1.92. The molecule has 0 radical (unpaired) electrons.